The molecule has 19 heavy (non-hydrogen) atoms. The fourth-order valence-corrected chi connectivity index (χ4v) is 2.41. The van der Waals surface area contributed by atoms with Crippen molar-refractivity contribution in [2.75, 3.05) is 0 Å². The molecule has 3 nitrogen and oxygen atoms in total. The summed E-state index contributed by atoms with van der Waals surface area (Å²) in [6, 6.07) is 4.77. The second-order valence-corrected chi connectivity index (χ2v) is 5.48. The lowest BCUT2D eigenvalue weighted by atomic mass is 10.2. The van der Waals surface area contributed by atoms with Gasteiger partial charge in [-0.05, 0) is 17.7 Å². The summed E-state index contributed by atoms with van der Waals surface area (Å²) in [4.78, 5) is 4.44. The molecule has 0 atom stereocenters. The molecular weight excluding hydrogens is 263 g/mol. The van der Waals surface area contributed by atoms with Crippen LogP contribution in [0.5, 0.6) is 5.75 Å². The molecule has 102 valence electrons. The highest BCUT2D eigenvalue weighted by atomic mass is 32.1. The molecule has 0 saturated heterocycles. The molecule has 2 N–H and O–H groups in total. The largest absolute Gasteiger partial charge is 0.484 e. The number of nitrogens with two attached hydrogens (primary N) is 1. The predicted molar refractivity (Wildman–Crippen MR) is 74.8 cm³/mol. The lowest BCUT2D eigenvalue weighted by molar-refractivity contribution is 0.286. The first-order valence-electron chi connectivity index (χ1n) is 6.15. The van der Waals surface area contributed by atoms with Gasteiger partial charge in [0.15, 0.2) is 11.6 Å². The molecule has 5 heteroatoms. The molecule has 0 aliphatic rings. The van der Waals surface area contributed by atoms with Crippen LogP contribution in [0.15, 0.2) is 23.6 Å². The number of hydrogen-bond acceptors (Lipinski definition) is 4. The van der Waals surface area contributed by atoms with Crippen molar-refractivity contribution >= 4 is 11.3 Å². The summed E-state index contributed by atoms with van der Waals surface area (Å²) in [6.07, 6.45) is 0. The van der Waals surface area contributed by atoms with Gasteiger partial charge in [0.05, 0.1) is 10.7 Å². The molecule has 2 rings (SSSR count). The second-order valence-electron chi connectivity index (χ2n) is 4.59. The van der Waals surface area contributed by atoms with Gasteiger partial charge in [0.25, 0.3) is 0 Å². The minimum Gasteiger partial charge on any atom is -0.484 e. The van der Waals surface area contributed by atoms with Crippen molar-refractivity contribution < 1.29 is 9.13 Å². The number of benzene rings is 1. The van der Waals surface area contributed by atoms with Crippen LogP contribution in [-0.2, 0) is 13.2 Å². The lowest BCUT2D eigenvalue weighted by Gasteiger charge is -2.06. The molecule has 1 aromatic carbocycles. The number of thiazole rings is 1. The van der Waals surface area contributed by atoms with Gasteiger partial charge in [0, 0.05) is 17.8 Å². The van der Waals surface area contributed by atoms with Crippen molar-refractivity contribution in [2.45, 2.75) is 32.9 Å². The molecule has 0 aliphatic heterocycles. The number of ether oxygens (including phenoxy) is 1. The number of rotatable bonds is 5. The molecule has 2 aromatic rings. The highest BCUT2D eigenvalue weighted by molar-refractivity contribution is 7.09. The molecule has 0 radical (unpaired) electrons. The smallest absolute Gasteiger partial charge is 0.165 e. The van der Waals surface area contributed by atoms with Crippen LogP contribution in [0.4, 0.5) is 4.39 Å². The van der Waals surface area contributed by atoms with Crippen LogP contribution in [0.3, 0.4) is 0 Å². The Labute approximate surface area is 116 Å². The average Bonchev–Trinajstić information content (AvgIpc) is 2.86. The maximum absolute atomic E-state index is 13.7. The SMILES string of the molecule is CC(C)c1nc(COc2ccc(CN)cc2F)cs1. The van der Waals surface area contributed by atoms with E-state index >= 15 is 0 Å². The van der Waals surface area contributed by atoms with Crippen LogP contribution in [0.2, 0.25) is 0 Å². The summed E-state index contributed by atoms with van der Waals surface area (Å²) in [5, 5.41) is 3.01. The summed E-state index contributed by atoms with van der Waals surface area (Å²) in [6.45, 7) is 4.78. The van der Waals surface area contributed by atoms with E-state index in [4.69, 9.17) is 10.5 Å². The molecule has 0 bridgehead atoms. The number of aromatic nitrogens is 1. The summed E-state index contributed by atoms with van der Waals surface area (Å²) < 4.78 is 19.1. The van der Waals surface area contributed by atoms with Crippen molar-refractivity contribution in [3.63, 3.8) is 0 Å². The Morgan fingerprint density at radius 1 is 1.42 bits per heavy atom. The van der Waals surface area contributed by atoms with E-state index in [1.54, 1.807) is 23.5 Å². The maximum atomic E-state index is 13.7. The van der Waals surface area contributed by atoms with E-state index in [-0.39, 0.29) is 18.2 Å². The molecule has 0 aliphatic carbocycles. The Hall–Kier alpha value is -1.46. The van der Waals surface area contributed by atoms with Crippen LogP contribution < -0.4 is 10.5 Å². The van der Waals surface area contributed by atoms with Gasteiger partial charge in [0.2, 0.25) is 0 Å². The Balaban J connectivity index is 2.01. The molecule has 0 spiro atoms. The van der Waals surface area contributed by atoms with Gasteiger partial charge in [-0.1, -0.05) is 19.9 Å². The summed E-state index contributed by atoms with van der Waals surface area (Å²) in [5.74, 6) is 0.248. The topological polar surface area (TPSA) is 48.1 Å². The zero-order chi connectivity index (χ0) is 13.8. The summed E-state index contributed by atoms with van der Waals surface area (Å²) in [7, 11) is 0. The minimum atomic E-state index is -0.387. The van der Waals surface area contributed by atoms with Gasteiger partial charge < -0.3 is 10.5 Å². The van der Waals surface area contributed by atoms with Crippen LogP contribution in [-0.4, -0.2) is 4.98 Å². The monoisotopic (exact) mass is 280 g/mol. The van der Waals surface area contributed by atoms with Gasteiger partial charge in [0.1, 0.15) is 6.61 Å². The van der Waals surface area contributed by atoms with Gasteiger partial charge in [-0.3, -0.25) is 0 Å². The molecule has 1 heterocycles. The van der Waals surface area contributed by atoms with Crippen LogP contribution in [0.1, 0.15) is 36.0 Å². The molecular formula is C14H17FN2OS. The van der Waals surface area contributed by atoms with Gasteiger partial charge in [-0.15, -0.1) is 11.3 Å². The van der Waals surface area contributed by atoms with E-state index in [0.29, 0.717) is 12.5 Å². The Morgan fingerprint density at radius 3 is 2.79 bits per heavy atom. The lowest BCUT2D eigenvalue weighted by Crippen LogP contribution is -2.01. The summed E-state index contributed by atoms with van der Waals surface area (Å²) in [5.41, 5.74) is 7.03. The number of hydrogen-bond donors (Lipinski definition) is 1. The van der Waals surface area contributed by atoms with Crippen LogP contribution in [0.25, 0.3) is 0 Å². The third kappa shape index (κ3) is 3.52. The van der Waals surface area contributed by atoms with E-state index in [1.165, 1.54) is 6.07 Å². The quantitative estimate of drug-likeness (QED) is 0.912. The predicted octanol–water partition coefficient (Wildman–Crippen LogP) is 3.44. The van der Waals surface area contributed by atoms with Crippen molar-refractivity contribution in [1.82, 2.24) is 4.98 Å². The van der Waals surface area contributed by atoms with Crippen molar-refractivity contribution in [3.8, 4) is 5.75 Å². The van der Waals surface area contributed by atoms with Gasteiger partial charge >= 0.3 is 0 Å². The van der Waals surface area contributed by atoms with E-state index in [0.717, 1.165) is 16.3 Å². The average molecular weight is 280 g/mol. The molecule has 0 unspecified atom stereocenters. The van der Waals surface area contributed by atoms with E-state index in [9.17, 15) is 4.39 Å². The maximum Gasteiger partial charge on any atom is 0.165 e. The first-order chi connectivity index (χ1) is 9.10. The highest BCUT2D eigenvalue weighted by Crippen LogP contribution is 2.22. The van der Waals surface area contributed by atoms with Crippen LogP contribution in [0, 0.1) is 5.82 Å². The Bertz CT molecular complexity index is 554. The zero-order valence-electron chi connectivity index (χ0n) is 11.0. The first kappa shape index (κ1) is 14.0. The fraction of sp³-hybridized carbons (Fsp3) is 0.357. The van der Waals surface area contributed by atoms with Crippen LogP contribution >= 0.6 is 11.3 Å². The van der Waals surface area contributed by atoms with Gasteiger partial charge in [-0.25, -0.2) is 9.37 Å². The van der Waals surface area contributed by atoms with E-state index < -0.39 is 0 Å². The fourth-order valence-electron chi connectivity index (χ4n) is 1.59. The third-order valence-corrected chi connectivity index (χ3v) is 3.87. The zero-order valence-corrected chi connectivity index (χ0v) is 11.8. The molecule has 0 amide bonds. The van der Waals surface area contributed by atoms with Crippen molar-refractivity contribution in [2.24, 2.45) is 5.73 Å². The highest BCUT2D eigenvalue weighted by Gasteiger charge is 2.08. The Morgan fingerprint density at radius 2 is 2.21 bits per heavy atom. The van der Waals surface area contributed by atoms with Gasteiger partial charge in [-0.2, -0.15) is 0 Å². The number of nitrogens with zero attached hydrogens (tertiary/aromatic N) is 1. The second kappa shape index (κ2) is 6.12. The van der Waals surface area contributed by atoms with E-state index in [2.05, 4.69) is 18.8 Å². The minimum absolute atomic E-state index is 0.233. The molecule has 1 aromatic heterocycles. The standard InChI is InChI=1S/C14H17FN2OS/c1-9(2)14-17-11(8-19-14)7-18-13-4-3-10(6-16)5-12(13)15/h3-5,8-9H,6-7,16H2,1-2H3. The summed E-state index contributed by atoms with van der Waals surface area (Å²) >= 11 is 1.60. The third-order valence-electron chi connectivity index (χ3n) is 2.67. The van der Waals surface area contributed by atoms with Crippen molar-refractivity contribution in [1.29, 1.82) is 0 Å². The van der Waals surface area contributed by atoms with E-state index in [1.807, 2.05) is 5.38 Å². The first-order valence-corrected chi connectivity index (χ1v) is 7.03. The Kier molecular flexibility index (Phi) is 4.50. The van der Waals surface area contributed by atoms with Crippen molar-refractivity contribution in [3.05, 3.63) is 45.7 Å². The molecule has 0 fully saturated rings. The normalized spacial score (nSPS) is 11.0. The molecule has 0 saturated carbocycles. The number of halogens is 1.